The Morgan fingerprint density at radius 1 is 1.29 bits per heavy atom. The van der Waals surface area contributed by atoms with E-state index in [2.05, 4.69) is 24.1 Å². The fraction of sp³-hybridized carbons (Fsp3) is 0.357. The molecular weight excluding hydrogens is 215 g/mol. The number of pyridine rings is 1. The van der Waals surface area contributed by atoms with Crippen molar-refractivity contribution in [3.8, 4) is 0 Å². The lowest BCUT2D eigenvalue weighted by atomic mass is 10.0. The number of nitrogens with one attached hydrogen (secondary N) is 1. The van der Waals surface area contributed by atoms with Crippen molar-refractivity contribution in [2.24, 2.45) is 0 Å². The van der Waals surface area contributed by atoms with E-state index in [9.17, 15) is 4.39 Å². The first kappa shape index (κ1) is 11.8. The number of aromatic nitrogens is 1. The normalized spacial score (nSPS) is 10.8. The van der Waals surface area contributed by atoms with Crippen LogP contribution in [-0.4, -0.2) is 11.5 Å². The van der Waals surface area contributed by atoms with Crippen LogP contribution < -0.4 is 5.32 Å². The summed E-state index contributed by atoms with van der Waals surface area (Å²) in [4.78, 5) is 4.47. The maximum Gasteiger partial charge on any atom is 0.125 e. The van der Waals surface area contributed by atoms with Crippen molar-refractivity contribution in [2.45, 2.75) is 27.2 Å². The van der Waals surface area contributed by atoms with Crippen molar-refractivity contribution in [2.75, 3.05) is 11.9 Å². The second kappa shape index (κ2) is 4.70. The topological polar surface area (TPSA) is 24.9 Å². The number of anilines is 1. The largest absolute Gasteiger partial charge is 0.384 e. The van der Waals surface area contributed by atoms with Gasteiger partial charge in [0, 0.05) is 29.4 Å². The highest BCUT2D eigenvalue weighted by molar-refractivity contribution is 5.93. The Bertz CT molecular complexity index is 549. The number of halogens is 1. The van der Waals surface area contributed by atoms with E-state index in [1.165, 1.54) is 17.7 Å². The van der Waals surface area contributed by atoms with Gasteiger partial charge in [0.25, 0.3) is 0 Å². The van der Waals surface area contributed by atoms with Crippen LogP contribution in [0.2, 0.25) is 0 Å². The van der Waals surface area contributed by atoms with Crippen LogP contribution in [0.4, 0.5) is 10.1 Å². The summed E-state index contributed by atoms with van der Waals surface area (Å²) in [6.07, 6.45) is 0.925. The molecular formula is C14H17FN2. The van der Waals surface area contributed by atoms with E-state index in [1.54, 1.807) is 6.07 Å². The summed E-state index contributed by atoms with van der Waals surface area (Å²) in [5.74, 6) is -0.240. The second-order valence-electron chi connectivity index (χ2n) is 4.10. The zero-order chi connectivity index (χ0) is 12.4. The first-order valence-electron chi connectivity index (χ1n) is 6.00. The van der Waals surface area contributed by atoms with Crippen molar-refractivity contribution >= 4 is 16.6 Å². The molecule has 2 nitrogen and oxygen atoms in total. The Balaban J connectivity index is 2.77. The quantitative estimate of drug-likeness (QED) is 0.873. The average Bonchev–Trinajstić information content (AvgIpc) is 2.29. The number of aryl methyl sites for hydroxylation is 1. The van der Waals surface area contributed by atoms with Crippen molar-refractivity contribution in [1.82, 2.24) is 4.98 Å². The van der Waals surface area contributed by atoms with Crippen LogP contribution in [-0.2, 0) is 6.42 Å². The number of rotatable bonds is 3. The highest BCUT2D eigenvalue weighted by Gasteiger charge is 2.11. The van der Waals surface area contributed by atoms with Crippen LogP contribution in [0.1, 0.15) is 25.1 Å². The lowest BCUT2D eigenvalue weighted by Crippen LogP contribution is -2.05. The zero-order valence-corrected chi connectivity index (χ0v) is 10.5. The smallest absolute Gasteiger partial charge is 0.125 e. The van der Waals surface area contributed by atoms with Crippen LogP contribution in [0, 0.1) is 12.7 Å². The van der Waals surface area contributed by atoms with Gasteiger partial charge in [-0.1, -0.05) is 6.92 Å². The highest BCUT2D eigenvalue weighted by Crippen LogP contribution is 2.29. The molecule has 2 rings (SSSR count). The molecule has 0 atom stereocenters. The summed E-state index contributed by atoms with van der Waals surface area (Å²) >= 11 is 0. The standard InChI is InChI=1S/C14H17FN2/c1-4-11-9(3)17-13-8-10(15)6-7-12(13)14(11)16-5-2/h6-8H,4-5H2,1-3H3,(H,16,17). The molecule has 17 heavy (non-hydrogen) atoms. The maximum absolute atomic E-state index is 13.2. The minimum atomic E-state index is -0.240. The predicted octanol–water partition coefficient (Wildman–Crippen LogP) is 3.68. The molecule has 0 amide bonds. The van der Waals surface area contributed by atoms with E-state index in [0.29, 0.717) is 0 Å². The Labute approximate surface area is 101 Å². The molecule has 0 spiro atoms. The Morgan fingerprint density at radius 3 is 2.71 bits per heavy atom. The molecule has 0 unspecified atom stereocenters. The SMILES string of the molecule is CCNc1c(CC)c(C)nc2cc(F)ccc12. The number of benzene rings is 1. The number of hydrogen-bond donors (Lipinski definition) is 1. The lowest BCUT2D eigenvalue weighted by Gasteiger charge is -2.15. The van der Waals surface area contributed by atoms with Gasteiger partial charge in [-0.15, -0.1) is 0 Å². The molecule has 1 heterocycles. The molecule has 0 fully saturated rings. The average molecular weight is 232 g/mol. The number of hydrogen-bond acceptors (Lipinski definition) is 2. The van der Waals surface area contributed by atoms with Gasteiger partial charge >= 0.3 is 0 Å². The molecule has 1 N–H and O–H groups in total. The molecule has 0 saturated carbocycles. The fourth-order valence-electron chi connectivity index (χ4n) is 2.21. The van der Waals surface area contributed by atoms with Gasteiger partial charge in [-0.2, -0.15) is 0 Å². The Kier molecular flexibility index (Phi) is 3.27. The minimum Gasteiger partial charge on any atom is -0.384 e. The lowest BCUT2D eigenvalue weighted by molar-refractivity contribution is 0.629. The summed E-state index contributed by atoms with van der Waals surface area (Å²) in [7, 11) is 0. The third-order valence-corrected chi connectivity index (χ3v) is 2.96. The summed E-state index contributed by atoms with van der Waals surface area (Å²) in [6.45, 7) is 7.00. The summed E-state index contributed by atoms with van der Waals surface area (Å²) in [6, 6.07) is 4.77. The van der Waals surface area contributed by atoms with Gasteiger partial charge in [-0.05, 0) is 38.0 Å². The molecule has 3 heteroatoms. The van der Waals surface area contributed by atoms with Crippen molar-refractivity contribution in [3.63, 3.8) is 0 Å². The first-order valence-corrected chi connectivity index (χ1v) is 6.00. The van der Waals surface area contributed by atoms with Gasteiger partial charge in [0.05, 0.1) is 5.52 Å². The molecule has 2 aromatic rings. The van der Waals surface area contributed by atoms with Crippen LogP contribution >= 0.6 is 0 Å². The van der Waals surface area contributed by atoms with Gasteiger partial charge in [-0.25, -0.2) is 4.39 Å². The van der Waals surface area contributed by atoms with Crippen molar-refractivity contribution in [3.05, 3.63) is 35.3 Å². The molecule has 0 aliphatic heterocycles. The maximum atomic E-state index is 13.2. The fourth-order valence-corrected chi connectivity index (χ4v) is 2.21. The molecule has 0 bridgehead atoms. The van der Waals surface area contributed by atoms with E-state index in [1.807, 2.05) is 6.92 Å². The third-order valence-electron chi connectivity index (χ3n) is 2.96. The van der Waals surface area contributed by atoms with Crippen molar-refractivity contribution in [1.29, 1.82) is 0 Å². The van der Waals surface area contributed by atoms with E-state index >= 15 is 0 Å². The van der Waals surface area contributed by atoms with E-state index < -0.39 is 0 Å². The van der Waals surface area contributed by atoms with Crippen LogP contribution in [0.3, 0.4) is 0 Å². The van der Waals surface area contributed by atoms with E-state index in [4.69, 9.17) is 0 Å². The molecule has 90 valence electrons. The monoisotopic (exact) mass is 232 g/mol. The van der Waals surface area contributed by atoms with E-state index in [0.717, 1.165) is 35.2 Å². The first-order chi connectivity index (χ1) is 8.17. The van der Waals surface area contributed by atoms with Crippen LogP contribution in [0.5, 0.6) is 0 Å². The molecule has 1 aromatic heterocycles. The third kappa shape index (κ3) is 2.09. The van der Waals surface area contributed by atoms with Gasteiger partial charge in [0.1, 0.15) is 5.82 Å². The van der Waals surface area contributed by atoms with Crippen molar-refractivity contribution < 1.29 is 4.39 Å². The Hall–Kier alpha value is -1.64. The highest BCUT2D eigenvalue weighted by atomic mass is 19.1. The Morgan fingerprint density at radius 2 is 2.06 bits per heavy atom. The van der Waals surface area contributed by atoms with Gasteiger partial charge in [-0.3, -0.25) is 4.98 Å². The molecule has 0 aliphatic rings. The molecule has 0 radical (unpaired) electrons. The number of nitrogens with zero attached hydrogens (tertiary/aromatic N) is 1. The zero-order valence-electron chi connectivity index (χ0n) is 10.5. The molecule has 0 aliphatic carbocycles. The van der Waals surface area contributed by atoms with E-state index in [-0.39, 0.29) is 5.82 Å². The van der Waals surface area contributed by atoms with Gasteiger partial charge in [0.2, 0.25) is 0 Å². The predicted molar refractivity (Wildman–Crippen MR) is 70.0 cm³/mol. The van der Waals surface area contributed by atoms with Crippen LogP contribution in [0.15, 0.2) is 18.2 Å². The minimum absolute atomic E-state index is 0.240. The second-order valence-corrected chi connectivity index (χ2v) is 4.10. The van der Waals surface area contributed by atoms with Gasteiger partial charge < -0.3 is 5.32 Å². The summed E-state index contributed by atoms with van der Waals surface area (Å²) in [5.41, 5.74) is 4.00. The summed E-state index contributed by atoms with van der Waals surface area (Å²) < 4.78 is 13.2. The molecule has 1 aromatic carbocycles. The van der Waals surface area contributed by atoms with Crippen LogP contribution in [0.25, 0.3) is 10.9 Å². The van der Waals surface area contributed by atoms with Gasteiger partial charge in [0.15, 0.2) is 0 Å². The summed E-state index contributed by atoms with van der Waals surface area (Å²) in [5, 5.41) is 4.36. The number of fused-ring (bicyclic) bond motifs is 1. The molecule has 0 saturated heterocycles.